The molecule has 0 fully saturated rings. The molecule has 0 amide bonds. The molecule has 0 atom stereocenters. The highest BCUT2D eigenvalue weighted by molar-refractivity contribution is 9.10. The summed E-state index contributed by atoms with van der Waals surface area (Å²) >= 11 is 3.56. The summed E-state index contributed by atoms with van der Waals surface area (Å²) in [7, 11) is 0. The third kappa shape index (κ3) is 3.19. The average Bonchev–Trinajstić information content (AvgIpc) is 2.37. The van der Waals surface area contributed by atoms with E-state index in [1.807, 2.05) is 18.2 Å². The van der Waals surface area contributed by atoms with Crippen LogP contribution >= 0.6 is 15.9 Å². The van der Waals surface area contributed by atoms with E-state index < -0.39 is 0 Å². The van der Waals surface area contributed by atoms with E-state index in [0.29, 0.717) is 5.56 Å². The van der Waals surface area contributed by atoms with Crippen LogP contribution in [-0.2, 0) is 0 Å². The molecule has 0 N–H and O–H groups in total. The lowest BCUT2D eigenvalue weighted by atomic mass is 9.83. The third-order valence-corrected chi connectivity index (χ3v) is 4.23. The lowest BCUT2D eigenvalue weighted by Gasteiger charge is -2.34. The van der Waals surface area contributed by atoms with Gasteiger partial charge in [0.1, 0.15) is 0 Å². The van der Waals surface area contributed by atoms with Gasteiger partial charge in [-0.05, 0) is 46.0 Å². The van der Waals surface area contributed by atoms with Crippen LogP contribution in [0.2, 0.25) is 0 Å². The molecule has 1 aliphatic heterocycles. The first-order valence-electron chi connectivity index (χ1n) is 6.56. The molecule has 1 aliphatic rings. The van der Waals surface area contributed by atoms with Gasteiger partial charge < -0.3 is 4.90 Å². The zero-order valence-electron chi connectivity index (χ0n) is 11.7. The van der Waals surface area contributed by atoms with Crippen molar-refractivity contribution in [1.82, 2.24) is 0 Å². The molecule has 1 aromatic carbocycles. The molecule has 0 unspecified atom stereocenters. The van der Waals surface area contributed by atoms with Gasteiger partial charge in [0.2, 0.25) is 0 Å². The van der Waals surface area contributed by atoms with E-state index in [1.165, 1.54) is 11.3 Å². The van der Waals surface area contributed by atoms with Gasteiger partial charge in [0.25, 0.3) is 0 Å². The predicted molar refractivity (Wildman–Crippen MR) is 83.2 cm³/mol. The van der Waals surface area contributed by atoms with Crippen molar-refractivity contribution in [1.29, 1.82) is 5.26 Å². The Bertz CT molecular complexity index is 547. The molecule has 0 spiro atoms. The van der Waals surface area contributed by atoms with E-state index >= 15 is 0 Å². The number of benzene rings is 1. The van der Waals surface area contributed by atoms with E-state index in [2.05, 4.69) is 53.7 Å². The fraction of sp³-hybridized carbons (Fsp3) is 0.438. The number of hydrogen-bond donors (Lipinski definition) is 0. The third-order valence-electron chi connectivity index (χ3n) is 3.59. The lowest BCUT2D eigenvalue weighted by Crippen LogP contribution is -2.31. The minimum Gasteiger partial charge on any atom is -0.367 e. The minimum atomic E-state index is 0.272. The highest BCUT2D eigenvalue weighted by Crippen LogP contribution is 2.34. The van der Waals surface area contributed by atoms with E-state index in [-0.39, 0.29) is 5.41 Å². The number of hydrogen-bond acceptors (Lipinski definition) is 2. The van der Waals surface area contributed by atoms with Crippen LogP contribution in [0.15, 0.2) is 34.3 Å². The molecule has 0 radical (unpaired) electrons. The molecule has 2 rings (SSSR count). The Hall–Kier alpha value is -1.27. The molecule has 0 saturated heterocycles. The van der Waals surface area contributed by atoms with Gasteiger partial charge in [0, 0.05) is 17.6 Å². The molecule has 100 valence electrons. The number of anilines is 1. The topological polar surface area (TPSA) is 27.0 Å². The van der Waals surface area contributed by atoms with Crippen LogP contribution in [-0.4, -0.2) is 13.1 Å². The molecule has 0 saturated carbocycles. The Balaban J connectivity index is 2.19. The summed E-state index contributed by atoms with van der Waals surface area (Å²) in [5.41, 5.74) is 3.67. The number of rotatable bonds is 1. The average molecular weight is 319 g/mol. The van der Waals surface area contributed by atoms with Crippen LogP contribution in [0.25, 0.3) is 0 Å². The van der Waals surface area contributed by atoms with Crippen molar-refractivity contribution in [3.05, 3.63) is 39.9 Å². The lowest BCUT2D eigenvalue weighted by molar-refractivity contribution is 0.472. The van der Waals surface area contributed by atoms with Gasteiger partial charge in [0.15, 0.2) is 0 Å². The summed E-state index contributed by atoms with van der Waals surface area (Å²) in [4.78, 5) is 2.35. The Morgan fingerprint density at radius 3 is 2.53 bits per heavy atom. The zero-order valence-corrected chi connectivity index (χ0v) is 13.3. The van der Waals surface area contributed by atoms with Crippen LogP contribution in [0.1, 0.15) is 32.8 Å². The van der Waals surface area contributed by atoms with Crippen molar-refractivity contribution in [3.63, 3.8) is 0 Å². The number of nitriles is 1. The molecule has 1 aromatic rings. The number of halogens is 1. The monoisotopic (exact) mass is 318 g/mol. The normalized spacial score (nSPS) is 15.9. The highest BCUT2D eigenvalue weighted by Gasteiger charge is 2.22. The summed E-state index contributed by atoms with van der Waals surface area (Å²) in [5, 5.41) is 8.89. The van der Waals surface area contributed by atoms with Crippen molar-refractivity contribution < 1.29 is 0 Å². The SMILES string of the molecule is CC(C)(C)C1=CCN(c2ccc(C#N)cc2Br)CC1. The Kier molecular flexibility index (Phi) is 4.01. The maximum Gasteiger partial charge on any atom is 0.0992 e. The summed E-state index contributed by atoms with van der Waals surface area (Å²) in [6.45, 7) is 8.79. The van der Waals surface area contributed by atoms with Gasteiger partial charge in [-0.2, -0.15) is 5.26 Å². The predicted octanol–water partition coefficient (Wildman–Crippen LogP) is 4.50. The zero-order chi connectivity index (χ0) is 14.0. The van der Waals surface area contributed by atoms with Crippen LogP contribution in [0, 0.1) is 16.7 Å². The first kappa shape index (κ1) is 14.1. The molecular weight excluding hydrogens is 300 g/mol. The summed E-state index contributed by atoms with van der Waals surface area (Å²) in [6.07, 6.45) is 3.45. The van der Waals surface area contributed by atoms with Gasteiger partial charge in [-0.25, -0.2) is 0 Å². The van der Waals surface area contributed by atoms with E-state index in [4.69, 9.17) is 5.26 Å². The Morgan fingerprint density at radius 1 is 1.32 bits per heavy atom. The fourth-order valence-electron chi connectivity index (χ4n) is 2.40. The van der Waals surface area contributed by atoms with Crippen LogP contribution < -0.4 is 4.90 Å². The molecule has 3 heteroatoms. The maximum atomic E-state index is 8.89. The van der Waals surface area contributed by atoms with Gasteiger partial charge in [-0.15, -0.1) is 0 Å². The van der Waals surface area contributed by atoms with Gasteiger partial charge in [0.05, 0.1) is 17.3 Å². The second kappa shape index (κ2) is 5.38. The smallest absolute Gasteiger partial charge is 0.0992 e. The summed E-state index contributed by atoms with van der Waals surface area (Å²) in [5.74, 6) is 0. The molecule has 0 bridgehead atoms. The van der Waals surface area contributed by atoms with Crippen LogP contribution in [0.3, 0.4) is 0 Å². The summed E-state index contributed by atoms with van der Waals surface area (Å²) < 4.78 is 0.999. The quantitative estimate of drug-likeness (QED) is 0.713. The van der Waals surface area contributed by atoms with Gasteiger partial charge in [-0.3, -0.25) is 0 Å². The molecule has 19 heavy (non-hydrogen) atoms. The minimum absolute atomic E-state index is 0.272. The first-order valence-corrected chi connectivity index (χ1v) is 7.35. The maximum absolute atomic E-state index is 8.89. The van der Waals surface area contributed by atoms with Crippen molar-refractivity contribution >= 4 is 21.6 Å². The largest absolute Gasteiger partial charge is 0.367 e. The van der Waals surface area contributed by atoms with E-state index in [1.54, 1.807) is 0 Å². The van der Waals surface area contributed by atoms with Crippen molar-refractivity contribution in [2.45, 2.75) is 27.2 Å². The van der Waals surface area contributed by atoms with Crippen LogP contribution in [0.5, 0.6) is 0 Å². The second-order valence-electron chi connectivity index (χ2n) is 5.95. The van der Waals surface area contributed by atoms with Gasteiger partial charge in [-0.1, -0.05) is 32.4 Å². The second-order valence-corrected chi connectivity index (χ2v) is 6.81. The molecule has 2 nitrogen and oxygen atoms in total. The van der Waals surface area contributed by atoms with Gasteiger partial charge >= 0.3 is 0 Å². The van der Waals surface area contributed by atoms with Crippen molar-refractivity contribution in [2.75, 3.05) is 18.0 Å². The first-order chi connectivity index (χ1) is 8.91. The van der Waals surface area contributed by atoms with Crippen LogP contribution in [0.4, 0.5) is 5.69 Å². The molecule has 0 aromatic heterocycles. The fourth-order valence-corrected chi connectivity index (χ4v) is 3.03. The van der Waals surface area contributed by atoms with E-state index in [0.717, 1.165) is 24.0 Å². The molecular formula is C16H19BrN2. The Morgan fingerprint density at radius 2 is 2.05 bits per heavy atom. The Labute approximate surface area is 123 Å². The van der Waals surface area contributed by atoms with Crippen molar-refractivity contribution in [2.24, 2.45) is 5.41 Å². The molecule has 1 heterocycles. The van der Waals surface area contributed by atoms with E-state index in [9.17, 15) is 0 Å². The standard InChI is InChI=1S/C16H19BrN2/c1-16(2,3)13-6-8-19(9-7-13)15-5-4-12(11-18)10-14(15)17/h4-6,10H,7-9H2,1-3H3. The molecule has 0 aliphatic carbocycles. The van der Waals surface area contributed by atoms with Crippen molar-refractivity contribution in [3.8, 4) is 6.07 Å². The highest BCUT2D eigenvalue weighted by atomic mass is 79.9. The summed E-state index contributed by atoms with van der Waals surface area (Å²) in [6, 6.07) is 7.96. The number of nitrogens with zero attached hydrogens (tertiary/aromatic N) is 2.